The third-order valence-corrected chi connectivity index (χ3v) is 3.50. The average molecular weight is 227 g/mol. The summed E-state index contributed by atoms with van der Waals surface area (Å²) >= 11 is 0. The largest absolute Gasteiger partial charge is 0.385 e. The zero-order chi connectivity index (χ0) is 12.1. The molecule has 0 saturated heterocycles. The Morgan fingerprint density at radius 1 is 0.941 bits per heavy atom. The number of hydrogen-bond acceptors (Lipinski definition) is 1. The molecule has 17 heavy (non-hydrogen) atoms. The number of anilines is 1. The van der Waals surface area contributed by atoms with E-state index >= 15 is 0 Å². The van der Waals surface area contributed by atoms with Gasteiger partial charge in [0.15, 0.2) is 0 Å². The third-order valence-electron chi connectivity index (χ3n) is 3.50. The molecule has 1 N–H and O–H groups in total. The monoisotopic (exact) mass is 227 g/mol. The highest BCUT2D eigenvalue weighted by atomic mass is 14.9. The molecule has 0 radical (unpaired) electrons. The Hall–Kier alpha value is -1.50. The molecule has 0 atom stereocenters. The average Bonchev–Trinajstić information content (AvgIpc) is 2.40. The van der Waals surface area contributed by atoms with Crippen LogP contribution in [0.15, 0.2) is 42.5 Å². The van der Waals surface area contributed by atoms with E-state index in [0.717, 1.165) is 12.5 Å². The van der Waals surface area contributed by atoms with E-state index in [0.29, 0.717) is 0 Å². The maximum atomic E-state index is 3.54. The van der Waals surface area contributed by atoms with Crippen LogP contribution in [0.4, 0.5) is 5.69 Å². The quantitative estimate of drug-likeness (QED) is 0.781. The summed E-state index contributed by atoms with van der Waals surface area (Å²) in [7, 11) is 0. The van der Waals surface area contributed by atoms with Crippen molar-refractivity contribution in [1.82, 2.24) is 0 Å². The standard InChI is InChI=1S/C16H21N/c1-3-13(4-2)12-17-16-10-9-14-7-5-6-8-15(14)11-16/h5-11,13,17H,3-4,12H2,1-2H3. The molecular weight excluding hydrogens is 206 g/mol. The predicted octanol–water partition coefficient (Wildman–Crippen LogP) is 4.69. The highest BCUT2D eigenvalue weighted by molar-refractivity contribution is 5.85. The van der Waals surface area contributed by atoms with E-state index in [9.17, 15) is 0 Å². The maximum Gasteiger partial charge on any atom is 0.0346 e. The minimum atomic E-state index is 0.779. The Labute approximate surface area is 104 Å². The molecule has 0 spiro atoms. The number of nitrogens with one attached hydrogen (secondary N) is 1. The van der Waals surface area contributed by atoms with Gasteiger partial charge in [-0.3, -0.25) is 0 Å². The number of rotatable bonds is 5. The van der Waals surface area contributed by atoms with Crippen molar-refractivity contribution < 1.29 is 0 Å². The molecule has 0 aliphatic rings. The van der Waals surface area contributed by atoms with E-state index < -0.39 is 0 Å². The minimum Gasteiger partial charge on any atom is -0.385 e. The van der Waals surface area contributed by atoms with Gasteiger partial charge in [-0.25, -0.2) is 0 Å². The Morgan fingerprint density at radius 3 is 2.35 bits per heavy atom. The number of hydrogen-bond donors (Lipinski definition) is 1. The lowest BCUT2D eigenvalue weighted by Crippen LogP contribution is -2.12. The van der Waals surface area contributed by atoms with Gasteiger partial charge in [-0.05, 0) is 28.8 Å². The Morgan fingerprint density at radius 2 is 1.65 bits per heavy atom. The molecule has 0 heterocycles. The first-order chi connectivity index (χ1) is 8.33. The van der Waals surface area contributed by atoms with Crippen molar-refractivity contribution in [2.24, 2.45) is 5.92 Å². The molecule has 0 saturated carbocycles. The molecule has 0 unspecified atom stereocenters. The molecule has 2 rings (SSSR count). The molecule has 0 aromatic heterocycles. The first-order valence-corrected chi connectivity index (χ1v) is 6.56. The van der Waals surface area contributed by atoms with Gasteiger partial charge in [0.05, 0.1) is 0 Å². The van der Waals surface area contributed by atoms with E-state index in [1.807, 2.05) is 0 Å². The minimum absolute atomic E-state index is 0.779. The zero-order valence-electron chi connectivity index (χ0n) is 10.7. The van der Waals surface area contributed by atoms with Crippen LogP contribution in [0.25, 0.3) is 10.8 Å². The van der Waals surface area contributed by atoms with E-state index in [1.165, 1.54) is 29.3 Å². The summed E-state index contributed by atoms with van der Waals surface area (Å²) in [6, 6.07) is 15.1. The lowest BCUT2D eigenvalue weighted by atomic mass is 10.0. The summed E-state index contributed by atoms with van der Waals surface area (Å²) < 4.78 is 0. The van der Waals surface area contributed by atoms with Crippen LogP contribution in [0.1, 0.15) is 26.7 Å². The first-order valence-electron chi connectivity index (χ1n) is 6.56. The van der Waals surface area contributed by atoms with E-state index in [2.05, 4.69) is 61.6 Å². The SMILES string of the molecule is CCC(CC)CNc1ccc2ccccc2c1. The second kappa shape index (κ2) is 5.72. The van der Waals surface area contributed by atoms with Crippen LogP contribution in [0.2, 0.25) is 0 Å². The summed E-state index contributed by atoms with van der Waals surface area (Å²) in [5.74, 6) is 0.779. The predicted molar refractivity (Wildman–Crippen MR) is 76.5 cm³/mol. The summed E-state index contributed by atoms with van der Waals surface area (Å²) in [6.07, 6.45) is 2.49. The van der Waals surface area contributed by atoms with Crippen molar-refractivity contribution in [3.05, 3.63) is 42.5 Å². The lowest BCUT2D eigenvalue weighted by Gasteiger charge is -2.14. The lowest BCUT2D eigenvalue weighted by molar-refractivity contribution is 0.519. The van der Waals surface area contributed by atoms with Gasteiger partial charge in [-0.15, -0.1) is 0 Å². The molecule has 1 nitrogen and oxygen atoms in total. The van der Waals surface area contributed by atoms with Crippen LogP contribution in [0, 0.1) is 5.92 Å². The molecule has 0 bridgehead atoms. The fraction of sp³-hybridized carbons (Fsp3) is 0.375. The third kappa shape index (κ3) is 3.00. The topological polar surface area (TPSA) is 12.0 Å². The Balaban J connectivity index is 2.09. The smallest absolute Gasteiger partial charge is 0.0346 e. The highest BCUT2D eigenvalue weighted by Crippen LogP contribution is 2.19. The molecule has 0 amide bonds. The van der Waals surface area contributed by atoms with E-state index in [1.54, 1.807) is 0 Å². The molecule has 90 valence electrons. The normalized spacial score (nSPS) is 11.0. The van der Waals surface area contributed by atoms with Crippen LogP contribution in [-0.4, -0.2) is 6.54 Å². The van der Waals surface area contributed by atoms with Crippen molar-refractivity contribution in [2.75, 3.05) is 11.9 Å². The van der Waals surface area contributed by atoms with Gasteiger partial charge >= 0.3 is 0 Å². The van der Waals surface area contributed by atoms with Crippen LogP contribution in [0.5, 0.6) is 0 Å². The maximum absolute atomic E-state index is 3.54. The van der Waals surface area contributed by atoms with Crippen LogP contribution >= 0.6 is 0 Å². The molecule has 0 aliphatic heterocycles. The first kappa shape index (κ1) is 12.0. The number of benzene rings is 2. The second-order valence-corrected chi connectivity index (χ2v) is 4.63. The van der Waals surface area contributed by atoms with Crippen molar-refractivity contribution >= 4 is 16.5 Å². The fourth-order valence-corrected chi connectivity index (χ4v) is 2.14. The fourth-order valence-electron chi connectivity index (χ4n) is 2.14. The molecular formula is C16H21N. The van der Waals surface area contributed by atoms with Crippen molar-refractivity contribution in [2.45, 2.75) is 26.7 Å². The van der Waals surface area contributed by atoms with Gasteiger partial charge in [0, 0.05) is 12.2 Å². The van der Waals surface area contributed by atoms with Crippen molar-refractivity contribution in [1.29, 1.82) is 0 Å². The van der Waals surface area contributed by atoms with Crippen molar-refractivity contribution in [3.8, 4) is 0 Å². The molecule has 0 fully saturated rings. The molecule has 2 aromatic rings. The second-order valence-electron chi connectivity index (χ2n) is 4.63. The van der Waals surface area contributed by atoms with E-state index in [4.69, 9.17) is 0 Å². The van der Waals surface area contributed by atoms with Gasteiger partial charge in [0.1, 0.15) is 0 Å². The molecule has 2 aromatic carbocycles. The highest BCUT2D eigenvalue weighted by Gasteiger charge is 2.02. The van der Waals surface area contributed by atoms with Gasteiger partial charge in [-0.1, -0.05) is 57.0 Å². The zero-order valence-corrected chi connectivity index (χ0v) is 10.7. The van der Waals surface area contributed by atoms with Crippen LogP contribution < -0.4 is 5.32 Å². The summed E-state index contributed by atoms with van der Waals surface area (Å²) in [5.41, 5.74) is 1.23. The summed E-state index contributed by atoms with van der Waals surface area (Å²) in [4.78, 5) is 0. The van der Waals surface area contributed by atoms with E-state index in [-0.39, 0.29) is 0 Å². The molecule has 1 heteroatoms. The van der Waals surface area contributed by atoms with Crippen molar-refractivity contribution in [3.63, 3.8) is 0 Å². The van der Waals surface area contributed by atoms with Crippen LogP contribution in [-0.2, 0) is 0 Å². The summed E-state index contributed by atoms with van der Waals surface area (Å²) in [6.45, 7) is 5.60. The summed E-state index contributed by atoms with van der Waals surface area (Å²) in [5, 5.41) is 6.15. The van der Waals surface area contributed by atoms with Gasteiger partial charge in [0.25, 0.3) is 0 Å². The Bertz CT molecular complexity index is 472. The number of fused-ring (bicyclic) bond motifs is 1. The van der Waals surface area contributed by atoms with Crippen LogP contribution in [0.3, 0.4) is 0 Å². The van der Waals surface area contributed by atoms with Gasteiger partial charge in [0.2, 0.25) is 0 Å². The van der Waals surface area contributed by atoms with Gasteiger partial charge < -0.3 is 5.32 Å². The Kier molecular flexibility index (Phi) is 4.03. The molecule has 0 aliphatic carbocycles. The van der Waals surface area contributed by atoms with Gasteiger partial charge in [-0.2, -0.15) is 0 Å².